The van der Waals surface area contributed by atoms with E-state index in [4.69, 9.17) is 16.3 Å². The molecule has 1 saturated heterocycles. The number of likely N-dealkylation sites (tertiary alicyclic amines) is 1. The molecule has 4 nitrogen and oxygen atoms in total. The van der Waals surface area contributed by atoms with Gasteiger partial charge in [-0.3, -0.25) is 4.79 Å². The molecule has 0 spiro atoms. The molecule has 1 atom stereocenters. The van der Waals surface area contributed by atoms with Crippen LogP contribution in [0.2, 0.25) is 5.02 Å². The molecular formula is C15H20ClNO3. The van der Waals surface area contributed by atoms with Gasteiger partial charge in [-0.2, -0.15) is 0 Å². The highest BCUT2D eigenvalue weighted by Gasteiger charge is 2.26. The van der Waals surface area contributed by atoms with Gasteiger partial charge in [0.15, 0.2) is 6.10 Å². The summed E-state index contributed by atoms with van der Waals surface area (Å²) in [5.41, 5.74) is 0.921. The maximum atomic E-state index is 12.3. The summed E-state index contributed by atoms with van der Waals surface area (Å²) in [6.07, 6.45) is 0.455. The quantitative estimate of drug-likeness (QED) is 0.932. The molecule has 1 N–H and O–H groups in total. The Bertz CT molecular complexity index is 484. The molecule has 1 amide bonds. The Morgan fingerprint density at radius 1 is 1.45 bits per heavy atom. The Kier molecular flexibility index (Phi) is 4.89. The number of aliphatic hydroxyl groups is 1. The number of benzene rings is 1. The fourth-order valence-corrected chi connectivity index (χ4v) is 2.41. The largest absolute Gasteiger partial charge is 0.481 e. The first-order valence-electron chi connectivity index (χ1n) is 6.87. The van der Waals surface area contributed by atoms with E-state index in [-0.39, 0.29) is 12.0 Å². The van der Waals surface area contributed by atoms with Crippen molar-refractivity contribution in [3.05, 3.63) is 28.8 Å². The second-order valence-corrected chi connectivity index (χ2v) is 5.63. The molecular weight excluding hydrogens is 278 g/mol. The van der Waals surface area contributed by atoms with Gasteiger partial charge < -0.3 is 14.7 Å². The van der Waals surface area contributed by atoms with Crippen LogP contribution in [0.5, 0.6) is 5.75 Å². The first-order chi connectivity index (χ1) is 9.47. The molecule has 1 aromatic rings. The molecule has 5 heteroatoms. The molecule has 1 aliphatic heterocycles. The van der Waals surface area contributed by atoms with Gasteiger partial charge in [-0.25, -0.2) is 0 Å². The van der Waals surface area contributed by atoms with E-state index in [1.54, 1.807) is 24.0 Å². The van der Waals surface area contributed by atoms with E-state index in [9.17, 15) is 9.90 Å². The van der Waals surface area contributed by atoms with Crippen molar-refractivity contribution in [3.63, 3.8) is 0 Å². The molecule has 1 heterocycles. The Balaban J connectivity index is 1.95. The number of hydrogen-bond acceptors (Lipinski definition) is 3. The zero-order valence-electron chi connectivity index (χ0n) is 11.8. The number of hydrogen-bond donors (Lipinski definition) is 1. The molecule has 2 rings (SSSR count). The molecule has 1 fully saturated rings. The average Bonchev–Trinajstić information content (AvgIpc) is 2.43. The second-order valence-electron chi connectivity index (χ2n) is 5.23. The number of nitrogens with zero attached hydrogens (tertiary/aromatic N) is 1. The summed E-state index contributed by atoms with van der Waals surface area (Å²) in [5, 5.41) is 10.1. The summed E-state index contributed by atoms with van der Waals surface area (Å²) in [7, 11) is 0. The molecule has 1 aromatic carbocycles. The van der Waals surface area contributed by atoms with Crippen LogP contribution < -0.4 is 4.74 Å². The third-order valence-corrected chi connectivity index (χ3v) is 3.99. The molecule has 0 bridgehead atoms. The van der Waals surface area contributed by atoms with E-state index < -0.39 is 6.10 Å². The fraction of sp³-hybridized carbons (Fsp3) is 0.533. The smallest absolute Gasteiger partial charge is 0.263 e. The van der Waals surface area contributed by atoms with E-state index in [0.717, 1.165) is 5.56 Å². The predicted octanol–water partition coefficient (Wildman–Crippen LogP) is 2.40. The Morgan fingerprint density at radius 2 is 2.10 bits per heavy atom. The van der Waals surface area contributed by atoms with Gasteiger partial charge in [-0.05, 0) is 50.5 Å². The minimum absolute atomic E-state index is 0.0375. The molecule has 110 valence electrons. The Hall–Kier alpha value is -1.26. The molecule has 0 aliphatic carbocycles. The van der Waals surface area contributed by atoms with Gasteiger partial charge in [-0.1, -0.05) is 11.6 Å². The molecule has 1 aliphatic rings. The van der Waals surface area contributed by atoms with Crippen LogP contribution in [0.1, 0.15) is 25.3 Å². The number of aryl methyl sites for hydroxylation is 1. The number of ether oxygens (including phenoxy) is 1. The van der Waals surface area contributed by atoms with E-state index in [0.29, 0.717) is 36.7 Å². The number of carbonyl (C=O) groups excluding carboxylic acids is 1. The van der Waals surface area contributed by atoms with Gasteiger partial charge in [0.1, 0.15) is 5.75 Å². The van der Waals surface area contributed by atoms with Gasteiger partial charge in [0.2, 0.25) is 0 Å². The van der Waals surface area contributed by atoms with Crippen molar-refractivity contribution < 1.29 is 14.6 Å². The number of halogens is 1. The summed E-state index contributed by atoms with van der Waals surface area (Å²) in [6.45, 7) is 4.83. The van der Waals surface area contributed by atoms with Crippen LogP contribution in [-0.4, -0.2) is 41.2 Å². The fourth-order valence-electron chi connectivity index (χ4n) is 2.29. The predicted molar refractivity (Wildman–Crippen MR) is 78.1 cm³/mol. The highest BCUT2D eigenvalue weighted by atomic mass is 35.5. The van der Waals surface area contributed by atoms with E-state index in [1.165, 1.54) is 0 Å². The second kappa shape index (κ2) is 6.46. The van der Waals surface area contributed by atoms with Crippen LogP contribution >= 0.6 is 11.6 Å². The normalized spacial score (nSPS) is 17.9. The zero-order valence-corrected chi connectivity index (χ0v) is 12.6. The van der Waals surface area contributed by atoms with Crippen molar-refractivity contribution in [1.29, 1.82) is 0 Å². The van der Waals surface area contributed by atoms with Crippen LogP contribution in [0.4, 0.5) is 0 Å². The zero-order chi connectivity index (χ0) is 14.7. The minimum Gasteiger partial charge on any atom is -0.481 e. The standard InChI is InChI=1S/C15H20ClNO3/c1-10-9-13(3-4-14(10)16)20-11(2)15(19)17-7-5-12(18)6-8-17/h3-4,9,11-12,18H,5-8H2,1-2H3. The number of carbonyl (C=O) groups is 1. The monoisotopic (exact) mass is 297 g/mol. The maximum absolute atomic E-state index is 12.3. The third-order valence-electron chi connectivity index (χ3n) is 3.57. The van der Waals surface area contributed by atoms with Gasteiger partial charge in [0, 0.05) is 18.1 Å². The number of amides is 1. The van der Waals surface area contributed by atoms with Crippen molar-refractivity contribution in [3.8, 4) is 5.75 Å². The van der Waals surface area contributed by atoms with Crippen molar-refractivity contribution in [2.24, 2.45) is 0 Å². The van der Waals surface area contributed by atoms with Gasteiger partial charge in [-0.15, -0.1) is 0 Å². The van der Waals surface area contributed by atoms with Gasteiger partial charge in [0.05, 0.1) is 6.10 Å². The van der Waals surface area contributed by atoms with Crippen LogP contribution in [0.3, 0.4) is 0 Å². The lowest BCUT2D eigenvalue weighted by Crippen LogP contribution is -2.45. The summed E-state index contributed by atoms with van der Waals surface area (Å²) in [6, 6.07) is 5.35. The van der Waals surface area contributed by atoms with E-state index >= 15 is 0 Å². The van der Waals surface area contributed by atoms with Crippen molar-refractivity contribution in [2.45, 2.75) is 38.9 Å². The maximum Gasteiger partial charge on any atom is 0.263 e. The van der Waals surface area contributed by atoms with Crippen molar-refractivity contribution in [1.82, 2.24) is 4.90 Å². The average molecular weight is 298 g/mol. The number of rotatable bonds is 3. The van der Waals surface area contributed by atoms with Crippen LogP contribution in [0.15, 0.2) is 18.2 Å². The Morgan fingerprint density at radius 3 is 2.70 bits per heavy atom. The van der Waals surface area contributed by atoms with Crippen molar-refractivity contribution in [2.75, 3.05) is 13.1 Å². The molecule has 20 heavy (non-hydrogen) atoms. The summed E-state index contributed by atoms with van der Waals surface area (Å²) < 4.78 is 5.68. The summed E-state index contributed by atoms with van der Waals surface area (Å²) in [5.74, 6) is 0.606. The van der Waals surface area contributed by atoms with E-state index in [2.05, 4.69) is 0 Å². The highest BCUT2D eigenvalue weighted by Crippen LogP contribution is 2.22. The highest BCUT2D eigenvalue weighted by molar-refractivity contribution is 6.31. The topological polar surface area (TPSA) is 49.8 Å². The Labute approximate surface area is 124 Å². The van der Waals surface area contributed by atoms with Crippen molar-refractivity contribution >= 4 is 17.5 Å². The van der Waals surface area contributed by atoms with Crippen LogP contribution in [-0.2, 0) is 4.79 Å². The first-order valence-corrected chi connectivity index (χ1v) is 7.25. The molecule has 1 unspecified atom stereocenters. The van der Waals surface area contributed by atoms with Crippen LogP contribution in [0.25, 0.3) is 0 Å². The van der Waals surface area contributed by atoms with E-state index in [1.807, 2.05) is 13.0 Å². The third kappa shape index (κ3) is 3.64. The molecule has 0 aromatic heterocycles. The molecule has 0 saturated carbocycles. The minimum atomic E-state index is -0.536. The lowest BCUT2D eigenvalue weighted by molar-refractivity contribution is -0.139. The summed E-state index contributed by atoms with van der Waals surface area (Å²) in [4.78, 5) is 14.0. The number of piperidine rings is 1. The lowest BCUT2D eigenvalue weighted by Gasteiger charge is -2.31. The van der Waals surface area contributed by atoms with Gasteiger partial charge >= 0.3 is 0 Å². The first kappa shape index (κ1) is 15.1. The summed E-state index contributed by atoms with van der Waals surface area (Å²) >= 11 is 5.96. The van der Waals surface area contributed by atoms with Crippen LogP contribution in [0, 0.1) is 6.92 Å². The molecule has 0 radical (unpaired) electrons. The SMILES string of the molecule is Cc1cc(OC(C)C(=O)N2CCC(O)CC2)ccc1Cl. The number of aliphatic hydroxyl groups excluding tert-OH is 1. The lowest BCUT2D eigenvalue weighted by atomic mass is 10.1. The van der Waals surface area contributed by atoms with Gasteiger partial charge in [0.25, 0.3) is 5.91 Å².